The maximum atomic E-state index is 10.9. The SMILES string of the molecule is CC(=CCNC(C)(C)C(N)=O)C(=O)O. The first-order valence-corrected chi connectivity index (χ1v) is 4.22. The predicted molar refractivity (Wildman–Crippen MR) is 52.7 cm³/mol. The van der Waals surface area contributed by atoms with Gasteiger partial charge < -0.3 is 16.2 Å². The van der Waals surface area contributed by atoms with Crippen LogP contribution in [-0.4, -0.2) is 29.1 Å². The summed E-state index contributed by atoms with van der Waals surface area (Å²) in [6, 6.07) is 0. The van der Waals surface area contributed by atoms with Crippen molar-refractivity contribution in [2.24, 2.45) is 5.73 Å². The van der Waals surface area contributed by atoms with Gasteiger partial charge in [0.15, 0.2) is 0 Å². The van der Waals surface area contributed by atoms with Crippen molar-refractivity contribution in [3.8, 4) is 0 Å². The number of rotatable bonds is 5. The second-order valence-corrected chi connectivity index (χ2v) is 3.56. The molecule has 0 bridgehead atoms. The Morgan fingerprint density at radius 1 is 1.50 bits per heavy atom. The third-order valence-electron chi connectivity index (χ3n) is 1.91. The van der Waals surface area contributed by atoms with Crippen LogP contribution in [0.4, 0.5) is 0 Å². The van der Waals surface area contributed by atoms with Crippen LogP contribution in [0.5, 0.6) is 0 Å². The number of nitrogens with two attached hydrogens (primary N) is 1. The predicted octanol–water partition coefficient (Wildman–Crippen LogP) is -0.129. The van der Waals surface area contributed by atoms with E-state index in [0.29, 0.717) is 6.54 Å². The van der Waals surface area contributed by atoms with E-state index in [1.165, 1.54) is 13.0 Å². The van der Waals surface area contributed by atoms with Gasteiger partial charge in [0, 0.05) is 12.1 Å². The highest BCUT2D eigenvalue weighted by molar-refractivity contribution is 5.86. The summed E-state index contributed by atoms with van der Waals surface area (Å²) >= 11 is 0. The number of carbonyl (C=O) groups is 2. The molecule has 0 aromatic rings. The van der Waals surface area contributed by atoms with Crippen molar-refractivity contribution in [1.82, 2.24) is 5.32 Å². The van der Waals surface area contributed by atoms with Gasteiger partial charge in [-0.15, -0.1) is 0 Å². The molecule has 0 aromatic heterocycles. The molecule has 5 nitrogen and oxygen atoms in total. The lowest BCUT2D eigenvalue weighted by molar-refractivity contribution is -0.132. The van der Waals surface area contributed by atoms with Crippen LogP contribution in [-0.2, 0) is 9.59 Å². The van der Waals surface area contributed by atoms with Crippen molar-refractivity contribution in [3.05, 3.63) is 11.6 Å². The van der Waals surface area contributed by atoms with E-state index in [1.54, 1.807) is 13.8 Å². The third-order valence-corrected chi connectivity index (χ3v) is 1.91. The van der Waals surface area contributed by atoms with Gasteiger partial charge in [-0.05, 0) is 20.8 Å². The zero-order valence-corrected chi connectivity index (χ0v) is 8.63. The Morgan fingerprint density at radius 3 is 2.36 bits per heavy atom. The monoisotopic (exact) mass is 200 g/mol. The normalized spacial score (nSPS) is 12.6. The van der Waals surface area contributed by atoms with Crippen LogP contribution in [0.15, 0.2) is 11.6 Å². The number of carbonyl (C=O) groups excluding carboxylic acids is 1. The van der Waals surface area contributed by atoms with Gasteiger partial charge in [-0.1, -0.05) is 6.08 Å². The molecule has 0 fully saturated rings. The lowest BCUT2D eigenvalue weighted by atomic mass is 10.1. The highest BCUT2D eigenvalue weighted by atomic mass is 16.4. The van der Waals surface area contributed by atoms with E-state index >= 15 is 0 Å². The van der Waals surface area contributed by atoms with E-state index < -0.39 is 17.4 Å². The Kier molecular flexibility index (Phi) is 4.30. The minimum atomic E-state index is -0.969. The van der Waals surface area contributed by atoms with Crippen LogP contribution >= 0.6 is 0 Å². The van der Waals surface area contributed by atoms with Gasteiger partial charge in [0.1, 0.15) is 0 Å². The lowest BCUT2D eigenvalue weighted by Crippen LogP contribution is -2.50. The van der Waals surface area contributed by atoms with Gasteiger partial charge in [-0.3, -0.25) is 4.79 Å². The van der Waals surface area contributed by atoms with Crippen LogP contribution < -0.4 is 11.1 Å². The number of aliphatic carboxylic acids is 1. The van der Waals surface area contributed by atoms with Crippen molar-refractivity contribution < 1.29 is 14.7 Å². The van der Waals surface area contributed by atoms with Gasteiger partial charge in [-0.2, -0.15) is 0 Å². The Morgan fingerprint density at radius 2 is 2.00 bits per heavy atom. The summed E-state index contributed by atoms with van der Waals surface area (Å²) in [5.41, 5.74) is 4.52. The fraction of sp³-hybridized carbons (Fsp3) is 0.556. The van der Waals surface area contributed by atoms with Crippen molar-refractivity contribution in [2.75, 3.05) is 6.54 Å². The van der Waals surface area contributed by atoms with E-state index in [4.69, 9.17) is 10.8 Å². The number of amides is 1. The van der Waals surface area contributed by atoms with Gasteiger partial charge >= 0.3 is 5.97 Å². The van der Waals surface area contributed by atoms with E-state index in [9.17, 15) is 9.59 Å². The number of carboxylic acid groups (broad SMARTS) is 1. The van der Waals surface area contributed by atoms with Crippen LogP contribution in [0.3, 0.4) is 0 Å². The fourth-order valence-corrected chi connectivity index (χ4v) is 0.634. The second-order valence-electron chi connectivity index (χ2n) is 3.56. The van der Waals surface area contributed by atoms with Gasteiger partial charge in [0.05, 0.1) is 5.54 Å². The molecule has 0 saturated carbocycles. The molecule has 5 heteroatoms. The quantitative estimate of drug-likeness (QED) is 0.539. The summed E-state index contributed by atoms with van der Waals surface area (Å²) in [4.78, 5) is 21.3. The van der Waals surface area contributed by atoms with Gasteiger partial charge in [-0.25, -0.2) is 4.79 Å². The van der Waals surface area contributed by atoms with Crippen molar-refractivity contribution in [1.29, 1.82) is 0 Å². The van der Waals surface area contributed by atoms with E-state index in [0.717, 1.165) is 0 Å². The molecule has 0 aliphatic heterocycles. The number of carboxylic acids is 1. The second kappa shape index (κ2) is 4.76. The minimum absolute atomic E-state index is 0.234. The average Bonchev–Trinajstić information content (AvgIpc) is 2.03. The Labute approximate surface area is 83.0 Å². The largest absolute Gasteiger partial charge is 0.478 e. The molecule has 0 heterocycles. The minimum Gasteiger partial charge on any atom is -0.478 e. The summed E-state index contributed by atoms with van der Waals surface area (Å²) < 4.78 is 0. The lowest BCUT2D eigenvalue weighted by Gasteiger charge is -2.21. The molecule has 0 rings (SSSR count). The molecular formula is C9H16N2O3. The van der Waals surface area contributed by atoms with E-state index in [2.05, 4.69) is 5.32 Å². The first kappa shape index (κ1) is 12.6. The number of hydrogen-bond donors (Lipinski definition) is 3. The molecule has 14 heavy (non-hydrogen) atoms. The first-order chi connectivity index (χ1) is 6.27. The smallest absolute Gasteiger partial charge is 0.330 e. The fourth-order valence-electron chi connectivity index (χ4n) is 0.634. The molecule has 0 radical (unpaired) electrons. The molecule has 0 aromatic carbocycles. The first-order valence-electron chi connectivity index (χ1n) is 4.22. The van der Waals surface area contributed by atoms with E-state index in [-0.39, 0.29) is 5.57 Å². The highest BCUT2D eigenvalue weighted by Crippen LogP contribution is 2.00. The Bertz CT molecular complexity index is 269. The summed E-state index contributed by atoms with van der Waals surface area (Å²) in [5, 5.41) is 11.4. The van der Waals surface area contributed by atoms with Gasteiger partial charge in [0.25, 0.3) is 0 Å². The zero-order valence-electron chi connectivity index (χ0n) is 8.63. The standard InChI is InChI=1S/C9H16N2O3/c1-6(7(12)13)4-5-11-9(2,3)8(10)14/h4,11H,5H2,1-3H3,(H2,10,14)(H,12,13). The summed E-state index contributed by atoms with van der Waals surface area (Å²) in [6.07, 6.45) is 1.49. The number of nitrogens with one attached hydrogen (secondary N) is 1. The van der Waals surface area contributed by atoms with Crippen molar-refractivity contribution in [3.63, 3.8) is 0 Å². The van der Waals surface area contributed by atoms with E-state index in [1.807, 2.05) is 0 Å². The highest BCUT2D eigenvalue weighted by Gasteiger charge is 2.22. The zero-order chi connectivity index (χ0) is 11.4. The summed E-state index contributed by atoms with van der Waals surface area (Å²) in [7, 11) is 0. The molecule has 0 unspecified atom stereocenters. The summed E-state index contributed by atoms with van der Waals surface area (Å²) in [5.74, 6) is -1.44. The molecule has 0 aliphatic carbocycles. The number of primary amides is 1. The Balaban J connectivity index is 4.15. The van der Waals surface area contributed by atoms with Crippen LogP contribution in [0.1, 0.15) is 20.8 Å². The Hall–Kier alpha value is -1.36. The third kappa shape index (κ3) is 4.04. The van der Waals surface area contributed by atoms with Gasteiger partial charge in [0.2, 0.25) is 5.91 Å². The van der Waals surface area contributed by atoms with Crippen molar-refractivity contribution >= 4 is 11.9 Å². The number of hydrogen-bond acceptors (Lipinski definition) is 3. The summed E-state index contributed by atoms with van der Waals surface area (Å²) in [6.45, 7) is 5.06. The molecule has 0 aliphatic rings. The molecule has 80 valence electrons. The maximum Gasteiger partial charge on any atom is 0.330 e. The molecule has 4 N–H and O–H groups in total. The topological polar surface area (TPSA) is 92.4 Å². The maximum absolute atomic E-state index is 10.9. The molecule has 0 saturated heterocycles. The van der Waals surface area contributed by atoms with Crippen LogP contribution in [0.25, 0.3) is 0 Å². The molecular weight excluding hydrogens is 184 g/mol. The average molecular weight is 200 g/mol. The molecule has 0 spiro atoms. The molecule has 0 atom stereocenters. The molecule has 1 amide bonds. The van der Waals surface area contributed by atoms with Crippen LogP contribution in [0, 0.1) is 0 Å². The van der Waals surface area contributed by atoms with Crippen LogP contribution in [0.2, 0.25) is 0 Å². The van der Waals surface area contributed by atoms with Crippen molar-refractivity contribution in [2.45, 2.75) is 26.3 Å².